The molecule has 1 unspecified atom stereocenters. The molecule has 1 nitrogen and oxygen atoms in total. The smallest absolute Gasteiger partial charge is 0.0502 e. The van der Waals surface area contributed by atoms with Crippen LogP contribution in [0.15, 0.2) is 53.0 Å². The van der Waals surface area contributed by atoms with E-state index in [0.29, 0.717) is 0 Å². The van der Waals surface area contributed by atoms with Crippen molar-refractivity contribution in [1.82, 2.24) is 0 Å². The van der Waals surface area contributed by atoms with Crippen LogP contribution in [0.3, 0.4) is 0 Å². The van der Waals surface area contributed by atoms with Crippen LogP contribution >= 0.6 is 15.9 Å². The van der Waals surface area contributed by atoms with E-state index in [-0.39, 0.29) is 12.5 Å². The van der Waals surface area contributed by atoms with Gasteiger partial charge in [0.2, 0.25) is 0 Å². The van der Waals surface area contributed by atoms with Crippen LogP contribution in [0, 0.1) is 0 Å². The molecule has 2 aromatic rings. The van der Waals surface area contributed by atoms with Gasteiger partial charge in [-0.15, -0.1) is 0 Å². The van der Waals surface area contributed by atoms with Crippen LogP contribution in [0.5, 0.6) is 0 Å². The molecular weight excluding hydrogens is 300 g/mol. The van der Waals surface area contributed by atoms with Crippen LogP contribution in [0.25, 0.3) is 0 Å². The van der Waals surface area contributed by atoms with Gasteiger partial charge in [-0.25, -0.2) is 0 Å². The van der Waals surface area contributed by atoms with Gasteiger partial charge in [-0.05, 0) is 41.7 Å². The van der Waals surface area contributed by atoms with Crippen molar-refractivity contribution in [2.24, 2.45) is 0 Å². The Morgan fingerprint density at radius 1 is 0.947 bits per heavy atom. The number of aliphatic hydroxyl groups is 1. The third-order valence-corrected chi connectivity index (χ3v) is 4.00. The van der Waals surface area contributed by atoms with Gasteiger partial charge in [0.25, 0.3) is 0 Å². The summed E-state index contributed by atoms with van der Waals surface area (Å²) in [5.74, 6) is 0.167. The molecule has 0 heterocycles. The molecule has 0 amide bonds. The zero-order valence-electron chi connectivity index (χ0n) is 11.1. The maximum atomic E-state index is 9.60. The topological polar surface area (TPSA) is 20.2 Å². The van der Waals surface area contributed by atoms with Gasteiger partial charge in [-0.3, -0.25) is 0 Å². The van der Waals surface area contributed by atoms with E-state index in [4.69, 9.17) is 0 Å². The lowest BCUT2D eigenvalue weighted by Gasteiger charge is -2.15. The molecular formula is C17H19BrO. The largest absolute Gasteiger partial charge is 0.396 e. The average molecular weight is 319 g/mol. The van der Waals surface area contributed by atoms with Gasteiger partial charge >= 0.3 is 0 Å². The van der Waals surface area contributed by atoms with Gasteiger partial charge in [0.15, 0.2) is 0 Å². The minimum atomic E-state index is 0.167. The fourth-order valence-corrected chi connectivity index (χ4v) is 2.48. The van der Waals surface area contributed by atoms with Crippen LogP contribution in [0.2, 0.25) is 0 Å². The number of aliphatic hydroxyl groups excluding tert-OH is 1. The molecule has 0 radical (unpaired) electrons. The second kappa shape index (κ2) is 6.88. The fourth-order valence-electron chi connectivity index (χ4n) is 2.22. The SMILES string of the molecule is CCc1ccc(CC(CO)c2ccc(Br)cc2)cc1. The summed E-state index contributed by atoms with van der Waals surface area (Å²) in [5.41, 5.74) is 3.82. The molecule has 100 valence electrons. The Kier molecular flexibility index (Phi) is 5.17. The van der Waals surface area contributed by atoms with E-state index in [0.717, 1.165) is 17.3 Å². The highest BCUT2D eigenvalue weighted by molar-refractivity contribution is 9.10. The number of hydrogen-bond acceptors (Lipinski definition) is 1. The third kappa shape index (κ3) is 3.92. The van der Waals surface area contributed by atoms with E-state index >= 15 is 0 Å². The van der Waals surface area contributed by atoms with E-state index in [2.05, 4.69) is 59.3 Å². The number of halogens is 1. The Balaban J connectivity index is 2.11. The second-order valence-electron chi connectivity index (χ2n) is 4.81. The van der Waals surface area contributed by atoms with Crippen molar-refractivity contribution in [3.63, 3.8) is 0 Å². The Morgan fingerprint density at radius 2 is 1.53 bits per heavy atom. The Labute approximate surface area is 123 Å². The zero-order chi connectivity index (χ0) is 13.7. The van der Waals surface area contributed by atoms with E-state index < -0.39 is 0 Å². The van der Waals surface area contributed by atoms with E-state index in [1.165, 1.54) is 16.7 Å². The van der Waals surface area contributed by atoms with E-state index in [9.17, 15) is 5.11 Å². The monoisotopic (exact) mass is 318 g/mol. The van der Waals surface area contributed by atoms with Crippen molar-refractivity contribution >= 4 is 15.9 Å². The van der Waals surface area contributed by atoms with Crippen LogP contribution in [-0.4, -0.2) is 11.7 Å². The van der Waals surface area contributed by atoms with E-state index in [1.54, 1.807) is 0 Å². The predicted octanol–water partition coefficient (Wildman–Crippen LogP) is 4.33. The Morgan fingerprint density at radius 3 is 2.05 bits per heavy atom. The number of hydrogen-bond donors (Lipinski definition) is 1. The first kappa shape index (κ1) is 14.3. The molecule has 0 saturated heterocycles. The first-order chi connectivity index (χ1) is 9.22. The van der Waals surface area contributed by atoms with Crippen LogP contribution in [0.1, 0.15) is 29.5 Å². The normalized spacial score (nSPS) is 12.4. The Bertz CT molecular complexity index is 502. The van der Waals surface area contributed by atoms with Crippen LogP contribution < -0.4 is 0 Å². The molecule has 0 spiro atoms. The van der Waals surface area contributed by atoms with Crippen molar-refractivity contribution < 1.29 is 5.11 Å². The standard InChI is InChI=1S/C17H19BrO/c1-2-13-3-5-14(6-4-13)11-16(12-19)15-7-9-17(18)10-8-15/h3-10,16,19H,2,11-12H2,1H3. The molecule has 0 saturated carbocycles. The summed E-state index contributed by atoms with van der Waals surface area (Å²) in [6, 6.07) is 16.9. The van der Waals surface area contributed by atoms with Gasteiger partial charge < -0.3 is 5.11 Å². The molecule has 0 aliphatic carbocycles. The highest BCUT2D eigenvalue weighted by atomic mass is 79.9. The summed E-state index contributed by atoms with van der Waals surface area (Å²) in [7, 11) is 0. The average Bonchev–Trinajstić information content (AvgIpc) is 2.46. The number of aryl methyl sites for hydroxylation is 1. The minimum Gasteiger partial charge on any atom is -0.396 e. The third-order valence-electron chi connectivity index (χ3n) is 3.48. The van der Waals surface area contributed by atoms with Crippen LogP contribution in [0.4, 0.5) is 0 Å². The summed E-state index contributed by atoms with van der Waals surface area (Å²) in [6.07, 6.45) is 1.94. The maximum absolute atomic E-state index is 9.60. The molecule has 0 aliphatic rings. The molecule has 2 rings (SSSR count). The summed E-state index contributed by atoms with van der Waals surface area (Å²) in [4.78, 5) is 0. The molecule has 1 atom stereocenters. The number of rotatable bonds is 5. The lowest BCUT2D eigenvalue weighted by Crippen LogP contribution is -2.07. The quantitative estimate of drug-likeness (QED) is 0.870. The highest BCUT2D eigenvalue weighted by Crippen LogP contribution is 2.22. The van der Waals surface area contributed by atoms with Gasteiger partial charge in [-0.2, -0.15) is 0 Å². The number of benzene rings is 2. The van der Waals surface area contributed by atoms with Crippen molar-refractivity contribution in [3.05, 3.63) is 69.7 Å². The lowest BCUT2D eigenvalue weighted by atomic mass is 9.92. The fraction of sp³-hybridized carbons (Fsp3) is 0.294. The van der Waals surface area contributed by atoms with Gasteiger partial charge in [0.05, 0.1) is 6.61 Å². The molecule has 0 fully saturated rings. The first-order valence-electron chi connectivity index (χ1n) is 6.67. The second-order valence-corrected chi connectivity index (χ2v) is 5.72. The molecule has 1 N–H and O–H groups in total. The Hall–Kier alpha value is -1.12. The lowest BCUT2D eigenvalue weighted by molar-refractivity contribution is 0.264. The minimum absolute atomic E-state index is 0.167. The molecule has 19 heavy (non-hydrogen) atoms. The summed E-state index contributed by atoms with van der Waals surface area (Å²) >= 11 is 3.44. The van der Waals surface area contributed by atoms with Crippen molar-refractivity contribution in [2.45, 2.75) is 25.7 Å². The summed E-state index contributed by atoms with van der Waals surface area (Å²) in [6.45, 7) is 2.34. The predicted molar refractivity (Wildman–Crippen MR) is 83.5 cm³/mol. The molecule has 2 heteroatoms. The summed E-state index contributed by atoms with van der Waals surface area (Å²) < 4.78 is 1.07. The first-order valence-corrected chi connectivity index (χ1v) is 7.46. The van der Waals surface area contributed by atoms with Crippen LogP contribution in [-0.2, 0) is 12.8 Å². The molecule has 0 aromatic heterocycles. The van der Waals surface area contributed by atoms with Crippen molar-refractivity contribution in [3.8, 4) is 0 Å². The van der Waals surface area contributed by atoms with Gasteiger partial charge in [-0.1, -0.05) is 59.3 Å². The van der Waals surface area contributed by atoms with Gasteiger partial charge in [0, 0.05) is 10.4 Å². The van der Waals surface area contributed by atoms with Crippen molar-refractivity contribution in [2.75, 3.05) is 6.61 Å². The summed E-state index contributed by atoms with van der Waals surface area (Å²) in [5, 5.41) is 9.60. The highest BCUT2D eigenvalue weighted by Gasteiger charge is 2.11. The maximum Gasteiger partial charge on any atom is 0.0502 e. The molecule has 0 aliphatic heterocycles. The zero-order valence-corrected chi connectivity index (χ0v) is 12.7. The van der Waals surface area contributed by atoms with Crippen molar-refractivity contribution in [1.29, 1.82) is 0 Å². The molecule has 2 aromatic carbocycles. The van der Waals surface area contributed by atoms with Gasteiger partial charge in [0.1, 0.15) is 0 Å². The molecule has 0 bridgehead atoms. The van der Waals surface area contributed by atoms with E-state index in [1.807, 2.05) is 12.1 Å².